The van der Waals surface area contributed by atoms with Gasteiger partial charge in [0.05, 0.1) is 12.1 Å². The molecule has 0 aromatic carbocycles. The number of aromatic nitrogens is 2. The summed E-state index contributed by atoms with van der Waals surface area (Å²) in [6.07, 6.45) is 7.77. The van der Waals surface area contributed by atoms with Gasteiger partial charge in [0, 0.05) is 45.7 Å². The highest BCUT2D eigenvalue weighted by Crippen LogP contribution is 2.44. The molecule has 1 aromatic heterocycles. The second-order valence-electron chi connectivity index (χ2n) is 7.00. The van der Waals surface area contributed by atoms with Crippen LogP contribution in [0, 0.1) is 11.8 Å². The third-order valence-electron chi connectivity index (χ3n) is 5.20. The van der Waals surface area contributed by atoms with Crippen LogP contribution in [-0.2, 0) is 4.74 Å². The molecule has 0 unspecified atom stereocenters. The number of likely N-dealkylation sites (tertiary alicyclic amines) is 1. The van der Waals surface area contributed by atoms with E-state index >= 15 is 0 Å². The summed E-state index contributed by atoms with van der Waals surface area (Å²) in [5, 5.41) is 0. The Morgan fingerprint density at radius 3 is 2.67 bits per heavy atom. The van der Waals surface area contributed by atoms with E-state index < -0.39 is 0 Å². The van der Waals surface area contributed by atoms with Crippen molar-refractivity contribution in [2.24, 2.45) is 11.8 Å². The summed E-state index contributed by atoms with van der Waals surface area (Å²) in [7, 11) is 1.82. The highest BCUT2D eigenvalue weighted by molar-refractivity contribution is 5.38. The van der Waals surface area contributed by atoms with Crippen LogP contribution in [0.15, 0.2) is 18.5 Å². The summed E-state index contributed by atoms with van der Waals surface area (Å²) in [4.78, 5) is 13.8. The van der Waals surface area contributed by atoms with E-state index in [1.165, 1.54) is 32.4 Å². The second kappa shape index (κ2) is 5.21. The standard InChI is InChI=1S/C16H24N4O/c1-21-10-14-7-16(20(9-14)8-13-3-4-13)11-19(12-16)15-17-5-2-6-18-15/h2,5-6,13-14H,3-4,7-12H2,1H3/t14-/m1/s1. The molecule has 1 saturated carbocycles. The van der Waals surface area contributed by atoms with Crippen LogP contribution in [-0.4, -0.2) is 60.3 Å². The number of rotatable bonds is 5. The molecule has 0 bridgehead atoms. The van der Waals surface area contributed by atoms with Crippen LogP contribution >= 0.6 is 0 Å². The first-order chi connectivity index (χ1) is 10.3. The van der Waals surface area contributed by atoms with E-state index in [0.717, 1.165) is 31.6 Å². The van der Waals surface area contributed by atoms with Gasteiger partial charge in [0.1, 0.15) is 0 Å². The lowest BCUT2D eigenvalue weighted by atomic mass is 9.84. The fraction of sp³-hybridized carbons (Fsp3) is 0.750. The number of nitrogens with zero attached hydrogens (tertiary/aromatic N) is 4. The van der Waals surface area contributed by atoms with Crippen molar-refractivity contribution in [3.05, 3.63) is 18.5 Å². The first-order valence-corrected chi connectivity index (χ1v) is 8.05. The van der Waals surface area contributed by atoms with Gasteiger partial charge in [-0.15, -0.1) is 0 Å². The number of hydrogen-bond donors (Lipinski definition) is 0. The molecular weight excluding hydrogens is 264 g/mol. The van der Waals surface area contributed by atoms with E-state index in [-0.39, 0.29) is 0 Å². The molecule has 2 saturated heterocycles. The molecule has 3 heterocycles. The van der Waals surface area contributed by atoms with Crippen LogP contribution in [0.25, 0.3) is 0 Å². The zero-order valence-electron chi connectivity index (χ0n) is 12.7. The van der Waals surface area contributed by atoms with Crippen molar-refractivity contribution in [1.29, 1.82) is 0 Å². The molecule has 114 valence electrons. The van der Waals surface area contributed by atoms with Gasteiger partial charge >= 0.3 is 0 Å². The third-order valence-corrected chi connectivity index (χ3v) is 5.20. The maximum Gasteiger partial charge on any atom is 0.225 e. The van der Waals surface area contributed by atoms with E-state index in [9.17, 15) is 0 Å². The Morgan fingerprint density at radius 1 is 1.24 bits per heavy atom. The van der Waals surface area contributed by atoms with Crippen molar-refractivity contribution in [3.63, 3.8) is 0 Å². The maximum absolute atomic E-state index is 5.40. The molecule has 3 aliphatic rings. The minimum absolute atomic E-state index is 0.352. The highest BCUT2D eigenvalue weighted by atomic mass is 16.5. The lowest BCUT2D eigenvalue weighted by Gasteiger charge is -2.53. The summed E-state index contributed by atoms with van der Waals surface area (Å²) in [5.74, 6) is 2.52. The molecule has 2 aliphatic heterocycles. The molecule has 1 spiro atoms. The molecule has 3 fully saturated rings. The summed E-state index contributed by atoms with van der Waals surface area (Å²) >= 11 is 0. The minimum atomic E-state index is 0.352. The maximum atomic E-state index is 5.40. The normalized spacial score (nSPS) is 28.0. The van der Waals surface area contributed by atoms with Gasteiger partial charge < -0.3 is 9.64 Å². The molecule has 4 rings (SSSR count). The largest absolute Gasteiger partial charge is 0.384 e. The minimum Gasteiger partial charge on any atom is -0.384 e. The average Bonchev–Trinajstić information content (AvgIpc) is 3.19. The van der Waals surface area contributed by atoms with Crippen LogP contribution in [0.1, 0.15) is 19.3 Å². The zero-order chi connectivity index (χ0) is 14.3. The van der Waals surface area contributed by atoms with Crippen LogP contribution in [0.2, 0.25) is 0 Å². The van der Waals surface area contributed by atoms with Crippen molar-refractivity contribution in [2.45, 2.75) is 24.8 Å². The number of ether oxygens (including phenoxy) is 1. The van der Waals surface area contributed by atoms with Gasteiger partial charge in [-0.3, -0.25) is 4.90 Å². The van der Waals surface area contributed by atoms with E-state index in [4.69, 9.17) is 4.74 Å². The summed E-state index contributed by atoms with van der Waals surface area (Å²) < 4.78 is 5.40. The lowest BCUT2D eigenvalue weighted by Crippen LogP contribution is -2.68. The summed E-state index contributed by atoms with van der Waals surface area (Å²) in [6, 6.07) is 1.88. The van der Waals surface area contributed by atoms with Gasteiger partial charge in [-0.25, -0.2) is 9.97 Å². The molecule has 5 heteroatoms. The van der Waals surface area contributed by atoms with Gasteiger partial charge in [0.15, 0.2) is 0 Å². The summed E-state index contributed by atoms with van der Waals surface area (Å²) in [5.41, 5.74) is 0.352. The fourth-order valence-corrected chi connectivity index (χ4v) is 4.05. The molecule has 0 radical (unpaired) electrons. The van der Waals surface area contributed by atoms with Crippen LogP contribution < -0.4 is 4.90 Å². The van der Waals surface area contributed by atoms with E-state index in [0.29, 0.717) is 11.5 Å². The Bertz CT molecular complexity index is 484. The van der Waals surface area contributed by atoms with Crippen LogP contribution in [0.4, 0.5) is 5.95 Å². The monoisotopic (exact) mass is 288 g/mol. The Balaban J connectivity index is 1.45. The smallest absolute Gasteiger partial charge is 0.225 e. The van der Waals surface area contributed by atoms with Crippen molar-refractivity contribution >= 4 is 5.95 Å². The second-order valence-corrected chi connectivity index (χ2v) is 7.00. The number of hydrogen-bond acceptors (Lipinski definition) is 5. The lowest BCUT2D eigenvalue weighted by molar-refractivity contribution is 0.0971. The molecule has 1 atom stereocenters. The third kappa shape index (κ3) is 2.53. The Hall–Kier alpha value is -1.20. The van der Waals surface area contributed by atoms with Gasteiger partial charge in [-0.2, -0.15) is 0 Å². The average molecular weight is 288 g/mol. The summed E-state index contributed by atoms with van der Waals surface area (Å²) in [6.45, 7) is 5.52. The SMILES string of the molecule is COC[C@H]1CN(CC2CC2)C2(C1)CN(c1ncccn1)C2. The molecule has 1 aliphatic carbocycles. The quantitative estimate of drug-likeness (QED) is 0.819. The van der Waals surface area contributed by atoms with Crippen LogP contribution in [0.5, 0.6) is 0 Å². The Kier molecular flexibility index (Phi) is 3.34. The van der Waals surface area contributed by atoms with Crippen molar-refractivity contribution in [2.75, 3.05) is 44.8 Å². The predicted octanol–water partition coefficient (Wildman–Crippen LogP) is 1.41. The van der Waals surface area contributed by atoms with Gasteiger partial charge in [0.25, 0.3) is 0 Å². The first-order valence-electron chi connectivity index (χ1n) is 8.05. The molecule has 5 nitrogen and oxygen atoms in total. The van der Waals surface area contributed by atoms with Crippen molar-refractivity contribution < 1.29 is 4.74 Å². The predicted molar refractivity (Wildman–Crippen MR) is 81.3 cm³/mol. The number of methoxy groups -OCH3 is 1. The number of anilines is 1. The van der Waals surface area contributed by atoms with Crippen LogP contribution in [0.3, 0.4) is 0 Å². The topological polar surface area (TPSA) is 41.5 Å². The molecule has 0 N–H and O–H groups in total. The molecular formula is C16H24N4O. The zero-order valence-corrected chi connectivity index (χ0v) is 12.7. The van der Waals surface area contributed by atoms with Crippen molar-refractivity contribution in [1.82, 2.24) is 14.9 Å². The van der Waals surface area contributed by atoms with Gasteiger partial charge in [-0.05, 0) is 37.2 Å². The van der Waals surface area contributed by atoms with E-state index in [1.807, 2.05) is 25.6 Å². The fourth-order valence-electron chi connectivity index (χ4n) is 4.05. The highest BCUT2D eigenvalue weighted by Gasteiger charge is 2.54. The molecule has 1 aromatic rings. The van der Waals surface area contributed by atoms with E-state index in [2.05, 4.69) is 19.8 Å². The van der Waals surface area contributed by atoms with Gasteiger partial charge in [0.2, 0.25) is 5.95 Å². The first kappa shape index (κ1) is 13.5. The Morgan fingerprint density at radius 2 is 2.00 bits per heavy atom. The van der Waals surface area contributed by atoms with E-state index in [1.54, 1.807) is 0 Å². The molecule has 21 heavy (non-hydrogen) atoms. The van der Waals surface area contributed by atoms with Crippen molar-refractivity contribution in [3.8, 4) is 0 Å². The molecule has 0 amide bonds. The Labute approximate surface area is 126 Å². The van der Waals surface area contributed by atoms with Gasteiger partial charge in [-0.1, -0.05) is 0 Å².